The zero-order valence-electron chi connectivity index (χ0n) is 15.3. The van der Waals surface area contributed by atoms with Gasteiger partial charge in [0.25, 0.3) is 10.0 Å². The molecule has 0 aliphatic rings. The van der Waals surface area contributed by atoms with Crippen molar-refractivity contribution in [1.82, 2.24) is 9.88 Å². The zero-order chi connectivity index (χ0) is 19.7. The number of nitrogens with one attached hydrogen (secondary N) is 1. The summed E-state index contributed by atoms with van der Waals surface area (Å²) in [5, 5.41) is 2.50. The van der Waals surface area contributed by atoms with Crippen LogP contribution in [0.4, 0.5) is 10.8 Å². The summed E-state index contributed by atoms with van der Waals surface area (Å²) in [4.78, 5) is 10.8. The lowest BCUT2D eigenvalue weighted by Crippen LogP contribution is -2.12. The molecule has 0 saturated carbocycles. The van der Waals surface area contributed by atoms with Crippen LogP contribution in [-0.4, -0.2) is 38.7 Å². The van der Waals surface area contributed by atoms with Crippen LogP contribution in [0.15, 0.2) is 70.6 Å². The molecular formula is C20H18N4O2S2. The van der Waals surface area contributed by atoms with Crippen molar-refractivity contribution in [3.63, 3.8) is 0 Å². The summed E-state index contributed by atoms with van der Waals surface area (Å²) in [6.07, 6.45) is 1.68. The largest absolute Gasteiger partial charge is 0.369 e. The van der Waals surface area contributed by atoms with E-state index in [0.29, 0.717) is 10.8 Å². The first-order chi connectivity index (χ1) is 13.4. The quantitative estimate of drug-likeness (QED) is 0.389. The molecule has 1 heterocycles. The van der Waals surface area contributed by atoms with Gasteiger partial charge in [-0.2, -0.15) is 0 Å². The summed E-state index contributed by atoms with van der Waals surface area (Å²) in [6, 6.07) is 18.0. The van der Waals surface area contributed by atoms with Crippen molar-refractivity contribution in [3.05, 3.63) is 60.7 Å². The van der Waals surface area contributed by atoms with Crippen molar-refractivity contribution >= 4 is 59.5 Å². The van der Waals surface area contributed by atoms with Crippen LogP contribution < -0.4 is 4.72 Å². The number of fused-ring (bicyclic) bond motifs is 2. The second-order valence-electron chi connectivity index (χ2n) is 6.50. The SMILES string of the molecule is CN(C)/C=N/c1nc2ccc(NS(=O)(=O)c3ccc4ccccc4c3)cc2s1. The number of thiazole rings is 1. The maximum absolute atomic E-state index is 12.8. The van der Waals surface area contributed by atoms with Gasteiger partial charge in [-0.15, -0.1) is 0 Å². The third-order valence-electron chi connectivity index (χ3n) is 4.06. The first-order valence-corrected chi connectivity index (χ1v) is 10.8. The molecular weight excluding hydrogens is 392 g/mol. The van der Waals surface area contributed by atoms with Crippen molar-refractivity contribution in [1.29, 1.82) is 0 Å². The minimum atomic E-state index is -3.69. The van der Waals surface area contributed by atoms with Crippen molar-refractivity contribution in [3.8, 4) is 0 Å². The number of sulfonamides is 1. The van der Waals surface area contributed by atoms with E-state index in [0.717, 1.165) is 21.0 Å². The highest BCUT2D eigenvalue weighted by Crippen LogP contribution is 2.31. The second-order valence-corrected chi connectivity index (χ2v) is 9.19. The second kappa shape index (κ2) is 7.21. The molecule has 1 N–H and O–H groups in total. The molecule has 0 aliphatic heterocycles. The molecule has 0 bridgehead atoms. The third-order valence-corrected chi connectivity index (χ3v) is 6.36. The van der Waals surface area contributed by atoms with Gasteiger partial charge in [-0.3, -0.25) is 4.72 Å². The van der Waals surface area contributed by atoms with Crippen LogP contribution in [0.3, 0.4) is 0 Å². The lowest BCUT2D eigenvalue weighted by atomic mass is 10.1. The standard InChI is InChI=1S/C20H18N4O2S2/c1-24(2)13-21-20-22-18-10-8-16(12-19(18)27-20)23-28(25,26)17-9-7-14-5-3-4-6-15(14)11-17/h3-13,23H,1-2H3/b21-13+. The molecule has 0 aliphatic carbocycles. The Bertz CT molecular complexity index is 1290. The number of nitrogens with zero attached hydrogens (tertiary/aromatic N) is 3. The normalized spacial score (nSPS) is 12.1. The highest BCUT2D eigenvalue weighted by molar-refractivity contribution is 7.92. The van der Waals surface area contributed by atoms with Crippen molar-refractivity contribution in [2.75, 3.05) is 18.8 Å². The van der Waals surface area contributed by atoms with Gasteiger partial charge in [0.1, 0.15) is 0 Å². The predicted molar refractivity (Wildman–Crippen MR) is 116 cm³/mol. The van der Waals surface area contributed by atoms with Crippen molar-refractivity contribution < 1.29 is 8.42 Å². The summed E-state index contributed by atoms with van der Waals surface area (Å²) >= 11 is 1.41. The van der Waals surface area contributed by atoms with E-state index in [1.54, 1.807) is 36.7 Å². The van der Waals surface area contributed by atoms with Crippen LogP contribution in [0.2, 0.25) is 0 Å². The summed E-state index contributed by atoms with van der Waals surface area (Å²) in [5.41, 5.74) is 1.28. The lowest BCUT2D eigenvalue weighted by Gasteiger charge is -2.09. The average molecular weight is 411 g/mol. The van der Waals surface area contributed by atoms with E-state index in [9.17, 15) is 8.42 Å². The average Bonchev–Trinajstić information content (AvgIpc) is 3.08. The molecule has 0 amide bonds. The highest BCUT2D eigenvalue weighted by atomic mass is 32.2. The molecule has 4 rings (SSSR count). The minimum absolute atomic E-state index is 0.229. The molecule has 3 aromatic carbocycles. The van der Waals surface area contributed by atoms with E-state index in [1.165, 1.54) is 11.3 Å². The molecule has 0 radical (unpaired) electrons. The smallest absolute Gasteiger partial charge is 0.261 e. The van der Waals surface area contributed by atoms with Gasteiger partial charge < -0.3 is 4.90 Å². The third kappa shape index (κ3) is 3.83. The van der Waals surface area contributed by atoms with Gasteiger partial charge in [-0.25, -0.2) is 18.4 Å². The van der Waals surface area contributed by atoms with Gasteiger partial charge >= 0.3 is 0 Å². The molecule has 0 unspecified atom stereocenters. The Morgan fingerprint density at radius 1 is 1.04 bits per heavy atom. The van der Waals surface area contributed by atoms with Crippen LogP contribution in [0.1, 0.15) is 0 Å². The van der Waals surface area contributed by atoms with Crippen LogP contribution in [-0.2, 0) is 10.0 Å². The van der Waals surface area contributed by atoms with E-state index in [4.69, 9.17) is 0 Å². The maximum atomic E-state index is 12.8. The fourth-order valence-electron chi connectivity index (χ4n) is 2.74. The molecule has 28 heavy (non-hydrogen) atoms. The molecule has 8 heteroatoms. The van der Waals surface area contributed by atoms with Gasteiger partial charge in [-0.1, -0.05) is 41.7 Å². The number of hydrogen-bond donors (Lipinski definition) is 1. The van der Waals surface area contributed by atoms with E-state index < -0.39 is 10.0 Å². The Kier molecular flexibility index (Phi) is 4.74. The van der Waals surface area contributed by atoms with E-state index in [-0.39, 0.29) is 4.90 Å². The first-order valence-electron chi connectivity index (χ1n) is 8.53. The van der Waals surface area contributed by atoms with Gasteiger partial charge in [0.15, 0.2) is 0 Å². The van der Waals surface area contributed by atoms with Gasteiger partial charge in [0.2, 0.25) is 5.13 Å². The molecule has 1 aromatic heterocycles. The topological polar surface area (TPSA) is 74.7 Å². The Balaban J connectivity index is 1.63. The Labute approximate surface area is 167 Å². The van der Waals surface area contributed by atoms with Crippen molar-refractivity contribution in [2.24, 2.45) is 4.99 Å². The Morgan fingerprint density at radius 2 is 1.82 bits per heavy atom. The Hall–Kier alpha value is -2.97. The number of aromatic nitrogens is 1. The van der Waals surface area contributed by atoms with Gasteiger partial charge in [0.05, 0.1) is 27.1 Å². The fourth-order valence-corrected chi connectivity index (χ4v) is 4.67. The van der Waals surface area contributed by atoms with Gasteiger partial charge in [-0.05, 0) is 41.1 Å². The van der Waals surface area contributed by atoms with Crippen LogP contribution in [0.5, 0.6) is 0 Å². The van der Waals surface area contributed by atoms with E-state index >= 15 is 0 Å². The molecule has 0 fully saturated rings. The molecule has 0 atom stereocenters. The summed E-state index contributed by atoms with van der Waals surface area (Å²) < 4.78 is 29.1. The summed E-state index contributed by atoms with van der Waals surface area (Å²) in [6.45, 7) is 0. The lowest BCUT2D eigenvalue weighted by molar-refractivity contribution is 0.601. The van der Waals surface area contributed by atoms with Crippen molar-refractivity contribution in [2.45, 2.75) is 4.90 Å². The van der Waals surface area contributed by atoms with Crippen LogP contribution in [0.25, 0.3) is 21.0 Å². The number of aliphatic imine (C=N–C) groups is 1. The number of anilines is 1. The molecule has 4 aromatic rings. The minimum Gasteiger partial charge on any atom is -0.369 e. The van der Waals surface area contributed by atoms with Crippen LogP contribution >= 0.6 is 11.3 Å². The van der Waals surface area contributed by atoms with Gasteiger partial charge in [0, 0.05) is 14.1 Å². The van der Waals surface area contributed by atoms with E-state index in [1.807, 2.05) is 49.3 Å². The molecule has 0 spiro atoms. The fraction of sp³-hybridized carbons (Fsp3) is 0.100. The zero-order valence-corrected chi connectivity index (χ0v) is 17.0. The number of hydrogen-bond acceptors (Lipinski definition) is 5. The Morgan fingerprint density at radius 3 is 2.61 bits per heavy atom. The maximum Gasteiger partial charge on any atom is 0.261 e. The first kappa shape index (κ1) is 18.4. The molecule has 0 saturated heterocycles. The summed E-state index contributed by atoms with van der Waals surface area (Å²) in [5.74, 6) is 0. The number of benzene rings is 3. The molecule has 6 nitrogen and oxygen atoms in total. The summed E-state index contributed by atoms with van der Waals surface area (Å²) in [7, 11) is 0.0807. The number of rotatable bonds is 5. The highest BCUT2D eigenvalue weighted by Gasteiger charge is 2.15. The predicted octanol–water partition coefficient (Wildman–Crippen LogP) is 4.47. The van der Waals surface area contributed by atoms with Crippen LogP contribution in [0, 0.1) is 0 Å². The van der Waals surface area contributed by atoms with E-state index in [2.05, 4.69) is 14.7 Å². The molecule has 142 valence electrons. The monoisotopic (exact) mass is 410 g/mol.